The lowest BCUT2D eigenvalue weighted by Gasteiger charge is -2.07. The summed E-state index contributed by atoms with van der Waals surface area (Å²) in [7, 11) is 2.42. The molecule has 3 aromatic rings. The van der Waals surface area contributed by atoms with Gasteiger partial charge in [-0.3, -0.25) is 0 Å². The Labute approximate surface area is 169 Å². The lowest BCUT2D eigenvalue weighted by molar-refractivity contribution is 0.0549. The van der Waals surface area contributed by atoms with E-state index in [4.69, 9.17) is 9.47 Å². The lowest BCUT2D eigenvalue weighted by Crippen LogP contribution is -2.15. The number of methoxy groups -OCH3 is 2. The van der Waals surface area contributed by atoms with E-state index in [-0.39, 0.29) is 17.0 Å². The summed E-state index contributed by atoms with van der Waals surface area (Å²) in [6.07, 6.45) is 0. The molecule has 0 fully saturated rings. The zero-order valence-electron chi connectivity index (χ0n) is 15.3. The standard InChI is InChI=1S/C20H16BrFN2O4/c1-11-9-13(14(21)10-15(11)22)17-16(19(25)27-2)18(20(26)28-3)24(23-17)12-7-5-4-6-8-12/h4-10H,1-3H3. The Bertz CT molecular complexity index is 1060. The van der Waals surface area contributed by atoms with Crippen LogP contribution in [0.1, 0.15) is 26.4 Å². The zero-order valence-corrected chi connectivity index (χ0v) is 16.9. The van der Waals surface area contributed by atoms with Crippen molar-refractivity contribution in [2.24, 2.45) is 0 Å². The van der Waals surface area contributed by atoms with Crippen LogP contribution in [-0.2, 0) is 9.47 Å². The second-order valence-electron chi connectivity index (χ2n) is 5.88. The number of aryl methyl sites for hydroxylation is 1. The molecule has 0 amide bonds. The minimum atomic E-state index is -0.758. The smallest absolute Gasteiger partial charge is 0.357 e. The Balaban J connectivity index is 2.40. The van der Waals surface area contributed by atoms with Gasteiger partial charge >= 0.3 is 11.9 Å². The van der Waals surface area contributed by atoms with Crippen molar-refractivity contribution in [2.75, 3.05) is 14.2 Å². The Morgan fingerprint density at radius 1 is 1.07 bits per heavy atom. The quantitative estimate of drug-likeness (QED) is 0.558. The molecule has 0 atom stereocenters. The molecule has 2 aromatic carbocycles. The average molecular weight is 447 g/mol. The van der Waals surface area contributed by atoms with Gasteiger partial charge in [-0.05, 0) is 52.7 Å². The summed E-state index contributed by atoms with van der Waals surface area (Å²) in [5.74, 6) is -1.92. The molecule has 1 heterocycles. The summed E-state index contributed by atoms with van der Waals surface area (Å²) in [4.78, 5) is 25.1. The molecular formula is C20H16BrFN2O4. The van der Waals surface area contributed by atoms with Crippen LogP contribution >= 0.6 is 15.9 Å². The number of aromatic nitrogens is 2. The van der Waals surface area contributed by atoms with Gasteiger partial charge in [-0.1, -0.05) is 18.2 Å². The van der Waals surface area contributed by atoms with Crippen molar-refractivity contribution in [1.82, 2.24) is 9.78 Å². The largest absolute Gasteiger partial charge is 0.465 e. The molecule has 8 heteroatoms. The number of ether oxygens (including phenoxy) is 2. The third-order valence-corrected chi connectivity index (χ3v) is 4.81. The average Bonchev–Trinajstić information content (AvgIpc) is 3.10. The molecule has 144 valence electrons. The van der Waals surface area contributed by atoms with E-state index in [1.165, 1.54) is 25.0 Å². The predicted molar refractivity (Wildman–Crippen MR) is 104 cm³/mol. The SMILES string of the molecule is COC(=O)c1c(-c2cc(C)c(F)cc2Br)nn(-c2ccccc2)c1C(=O)OC. The molecule has 0 aliphatic rings. The number of esters is 2. The van der Waals surface area contributed by atoms with Gasteiger partial charge in [0.05, 0.1) is 19.9 Å². The van der Waals surface area contributed by atoms with Crippen LogP contribution in [0, 0.1) is 12.7 Å². The van der Waals surface area contributed by atoms with Crippen molar-refractivity contribution in [3.05, 3.63) is 69.6 Å². The van der Waals surface area contributed by atoms with Gasteiger partial charge in [0.25, 0.3) is 0 Å². The van der Waals surface area contributed by atoms with Crippen LogP contribution in [0.4, 0.5) is 4.39 Å². The molecule has 28 heavy (non-hydrogen) atoms. The highest BCUT2D eigenvalue weighted by Crippen LogP contribution is 2.35. The van der Waals surface area contributed by atoms with Crippen LogP contribution in [0.2, 0.25) is 0 Å². The van der Waals surface area contributed by atoms with Crippen molar-refractivity contribution in [3.8, 4) is 16.9 Å². The number of hydrogen-bond acceptors (Lipinski definition) is 5. The van der Waals surface area contributed by atoms with Gasteiger partial charge in [-0.15, -0.1) is 0 Å². The summed E-state index contributed by atoms with van der Waals surface area (Å²) >= 11 is 3.31. The molecule has 0 bridgehead atoms. The van der Waals surface area contributed by atoms with Crippen LogP contribution in [-0.4, -0.2) is 35.9 Å². The molecule has 0 radical (unpaired) electrons. The molecule has 0 N–H and O–H groups in total. The first-order valence-electron chi connectivity index (χ1n) is 8.20. The summed E-state index contributed by atoms with van der Waals surface area (Å²) in [5, 5.41) is 4.48. The second kappa shape index (κ2) is 7.93. The fourth-order valence-corrected chi connectivity index (χ4v) is 3.29. The molecular weight excluding hydrogens is 431 g/mol. The maximum Gasteiger partial charge on any atom is 0.357 e. The highest BCUT2D eigenvalue weighted by molar-refractivity contribution is 9.10. The molecule has 0 spiro atoms. The Morgan fingerprint density at radius 3 is 2.32 bits per heavy atom. The topological polar surface area (TPSA) is 70.4 Å². The third-order valence-electron chi connectivity index (χ3n) is 4.16. The van der Waals surface area contributed by atoms with E-state index in [9.17, 15) is 14.0 Å². The Morgan fingerprint density at radius 2 is 1.71 bits per heavy atom. The minimum absolute atomic E-state index is 0.0649. The van der Waals surface area contributed by atoms with Crippen LogP contribution in [0.3, 0.4) is 0 Å². The summed E-state index contributed by atoms with van der Waals surface area (Å²) in [6, 6.07) is 11.6. The van der Waals surface area contributed by atoms with E-state index in [1.807, 2.05) is 6.07 Å². The molecule has 0 saturated carbocycles. The van der Waals surface area contributed by atoms with Gasteiger partial charge in [-0.25, -0.2) is 18.7 Å². The predicted octanol–water partition coefficient (Wildman–Crippen LogP) is 4.32. The van der Waals surface area contributed by atoms with E-state index < -0.39 is 17.8 Å². The molecule has 0 saturated heterocycles. The van der Waals surface area contributed by atoms with Gasteiger partial charge in [0.15, 0.2) is 5.69 Å². The van der Waals surface area contributed by atoms with Crippen LogP contribution in [0.15, 0.2) is 46.9 Å². The Hall–Kier alpha value is -3.00. The molecule has 0 aliphatic heterocycles. The zero-order chi connectivity index (χ0) is 20.4. The fraction of sp³-hybridized carbons (Fsp3) is 0.150. The first kappa shape index (κ1) is 19.8. The van der Waals surface area contributed by atoms with Crippen molar-refractivity contribution in [3.63, 3.8) is 0 Å². The summed E-state index contributed by atoms with van der Waals surface area (Å²) in [6.45, 7) is 1.60. The van der Waals surface area contributed by atoms with Crippen molar-refractivity contribution in [2.45, 2.75) is 6.92 Å². The van der Waals surface area contributed by atoms with Gasteiger partial charge in [-0.2, -0.15) is 5.10 Å². The molecule has 6 nitrogen and oxygen atoms in total. The monoisotopic (exact) mass is 446 g/mol. The first-order chi connectivity index (χ1) is 13.4. The normalized spacial score (nSPS) is 10.6. The molecule has 0 aliphatic carbocycles. The summed E-state index contributed by atoms with van der Waals surface area (Å²) < 4.78 is 25.4. The van der Waals surface area contributed by atoms with Gasteiger partial charge in [0.1, 0.15) is 17.1 Å². The van der Waals surface area contributed by atoms with E-state index in [0.29, 0.717) is 21.3 Å². The number of hydrogen-bond donors (Lipinski definition) is 0. The number of carbonyl (C=O) groups is 2. The number of halogens is 2. The van der Waals surface area contributed by atoms with E-state index >= 15 is 0 Å². The molecule has 3 rings (SSSR count). The molecule has 0 unspecified atom stereocenters. The summed E-state index contributed by atoms with van der Waals surface area (Å²) in [5.41, 5.74) is 1.39. The third kappa shape index (κ3) is 3.43. The van der Waals surface area contributed by atoms with Gasteiger partial charge < -0.3 is 9.47 Å². The fourth-order valence-electron chi connectivity index (χ4n) is 2.78. The van der Waals surface area contributed by atoms with Gasteiger partial charge in [0.2, 0.25) is 0 Å². The maximum absolute atomic E-state index is 13.9. The van der Waals surface area contributed by atoms with Gasteiger partial charge in [0, 0.05) is 10.0 Å². The second-order valence-corrected chi connectivity index (χ2v) is 6.74. The number of carbonyl (C=O) groups excluding carboxylic acids is 2. The van der Waals surface area contributed by atoms with Crippen LogP contribution in [0.25, 0.3) is 16.9 Å². The number of rotatable bonds is 4. The van der Waals surface area contributed by atoms with E-state index in [0.717, 1.165) is 0 Å². The van der Waals surface area contributed by atoms with Crippen LogP contribution in [0.5, 0.6) is 0 Å². The van der Waals surface area contributed by atoms with Crippen molar-refractivity contribution < 1.29 is 23.5 Å². The van der Waals surface area contributed by atoms with E-state index in [1.54, 1.807) is 37.3 Å². The molecule has 1 aromatic heterocycles. The lowest BCUT2D eigenvalue weighted by atomic mass is 10.0. The minimum Gasteiger partial charge on any atom is -0.465 e. The number of para-hydroxylation sites is 1. The van der Waals surface area contributed by atoms with Crippen molar-refractivity contribution in [1.29, 1.82) is 0 Å². The Kier molecular flexibility index (Phi) is 5.60. The maximum atomic E-state index is 13.9. The van der Waals surface area contributed by atoms with Crippen molar-refractivity contribution >= 4 is 27.9 Å². The van der Waals surface area contributed by atoms with E-state index in [2.05, 4.69) is 21.0 Å². The number of benzene rings is 2. The number of nitrogens with zero attached hydrogens (tertiary/aromatic N) is 2. The highest BCUT2D eigenvalue weighted by atomic mass is 79.9. The van der Waals surface area contributed by atoms with Crippen LogP contribution < -0.4 is 0 Å². The first-order valence-corrected chi connectivity index (χ1v) is 8.99. The highest BCUT2D eigenvalue weighted by Gasteiger charge is 2.32.